The molecule has 0 saturated carbocycles. The van der Waals surface area contributed by atoms with Crippen molar-refractivity contribution in [1.82, 2.24) is 15.0 Å². The van der Waals surface area contributed by atoms with E-state index >= 15 is 0 Å². The van der Waals surface area contributed by atoms with E-state index in [1.54, 1.807) is 30.7 Å². The molecule has 1 aliphatic carbocycles. The zero-order valence-corrected chi connectivity index (χ0v) is 17.2. The third-order valence-electron chi connectivity index (χ3n) is 5.81. The zero-order chi connectivity index (χ0) is 21.2. The van der Waals surface area contributed by atoms with Gasteiger partial charge in [0.15, 0.2) is 0 Å². The first-order valence-corrected chi connectivity index (χ1v) is 10.6. The molecule has 1 amide bonds. The molecule has 3 aromatic rings. The summed E-state index contributed by atoms with van der Waals surface area (Å²) in [6.07, 6.45) is 17.1. The number of allylic oxidation sites excluding steroid dienone is 4. The van der Waals surface area contributed by atoms with Crippen molar-refractivity contribution in [1.29, 1.82) is 5.41 Å². The molecule has 0 bridgehead atoms. The van der Waals surface area contributed by atoms with Crippen LogP contribution < -0.4 is 10.2 Å². The fraction of sp³-hybridized carbons (Fsp3) is 0.250. The van der Waals surface area contributed by atoms with Crippen molar-refractivity contribution in [2.24, 2.45) is 0 Å². The Kier molecular flexibility index (Phi) is 5.08. The van der Waals surface area contributed by atoms with Gasteiger partial charge in [0.05, 0.1) is 28.9 Å². The lowest BCUT2D eigenvalue weighted by atomic mass is 9.94. The summed E-state index contributed by atoms with van der Waals surface area (Å²) in [5.41, 5.74) is 6.00. The molecule has 0 radical (unpaired) electrons. The van der Waals surface area contributed by atoms with Crippen molar-refractivity contribution < 1.29 is 4.79 Å². The summed E-state index contributed by atoms with van der Waals surface area (Å²) >= 11 is 0. The van der Waals surface area contributed by atoms with Gasteiger partial charge in [0, 0.05) is 42.6 Å². The average Bonchev–Trinajstić information content (AvgIpc) is 3.22. The van der Waals surface area contributed by atoms with Crippen LogP contribution in [-0.4, -0.2) is 39.7 Å². The largest absolute Gasteiger partial charge is 0.365 e. The van der Waals surface area contributed by atoms with Crippen molar-refractivity contribution in [3.05, 3.63) is 66.3 Å². The predicted octanol–water partition coefficient (Wildman–Crippen LogP) is 4.56. The molecular formula is C24H24N6O. The normalized spacial score (nSPS) is 16.5. The van der Waals surface area contributed by atoms with Crippen LogP contribution in [0.2, 0.25) is 0 Å². The maximum atomic E-state index is 12.8. The van der Waals surface area contributed by atoms with Gasteiger partial charge in [-0.25, -0.2) is 4.98 Å². The van der Waals surface area contributed by atoms with E-state index in [4.69, 9.17) is 5.41 Å². The van der Waals surface area contributed by atoms with Crippen molar-refractivity contribution in [2.45, 2.75) is 25.7 Å². The molecule has 3 aromatic heterocycles. The second-order valence-corrected chi connectivity index (χ2v) is 7.93. The van der Waals surface area contributed by atoms with Gasteiger partial charge >= 0.3 is 0 Å². The zero-order valence-electron chi connectivity index (χ0n) is 17.2. The fourth-order valence-electron chi connectivity index (χ4n) is 4.32. The molecule has 7 nitrogen and oxygen atoms in total. The number of aromatic amines is 1. The number of carbonyl (C=O) groups is 1. The van der Waals surface area contributed by atoms with Gasteiger partial charge in [-0.1, -0.05) is 18.2 Å². The van der Waals surface area contributed by atoms with E-state index in [0.29, 0.717) is 17.8 Å². The number of nitrogens with one attached hydrogen (secondary N) is 3. The number of anilines is 2. The van der Waals surface area contributed by atoms with E-state index in [9.17, 15) is 4.79 Å². The standard InChI is InChI=1S/C24H24N6O/c25-18-9-5-11-30(15-18)22-19(16-6-2-1-3-7-16)13-27-23-21(22)20(14-28-23)29-24(31)17-8-4-10-26-12-17/h1-2,4,6,8,10,12-14,25H,3,5,7,9,11,15H2,(H,27,28)(H,29,31). The van der Waals surface area contributed by atoms with E-state index in [1.807, 2.05) is 6.20 Å². The molecule has 31 heavy (non-hydrogen) atoms. The highest BCUT2D eigenvalue weighted by Gasteiger charge is 2.25. The molecule has 7 heteroatoms. The summed E-state index contributed by atoms with van der Waals surface area (Å²) in [5, 5.41) is 12.2. The summed E-state index contributed by atoms with van der Waals surface area (Å²) in [6, 6.07) is 3.49. The molecule has 0 aromatic carbocycles. The van der Waals surface area contributed by atoms with Crippen molar-refractivity contribution >= 4 is 39.6 Å². The van der Waals surface area contributed by atoms with E-state index in [2.05, 4.69) is 43.4 Å². The molecule has 4 heterocycles. The molecule has 0 atom stereocenters. The fourth-order valence-corrected chi connectivity index (χ4v) is 4.32. The smallest absolute Gasteiger partial charge is 0.257 e. The molecule has 0 spiro atoms. The van der Waals surface area contributed by atoms with Crippen LogP contribution in [0.15, 0.2) is 55.1 Å². The summed E-state index contributed by atoms with van der Waals surface area (Å²) in [5.74, 6) is -0.212. The first-order chi connectivity index (χ1) is 15.2. The summed E-state index contributed by atoms with van der Waals surface area (Å²) in [6.45, 7) is 1.47. The lowest BCUT2D eigenvalue weighted by molar-refractivity contribution is 0.102. The van der Waals surface area contributed by atoms with Gasteiger partial charge in [0.2, 0.25) is 0 Å². The van der Waals surface area contributed by atoms with E-state index < -0.39 is 0 Å². The van der Waals surface area contributed by atoms with Crippen LogP contribution in [0.3, 0.4) is 0 Å². The number of piperidine rings is 1. The number of amides is 1. The highest BCUT2D eigenvalue weighted by Crippen LogP contribution is 2.40. The second kappa shape index (κ2) is 8.18. The quantitative estimate of drug-likeness (QED) is 0.585. The molecule has 3 N–H and O–H groups in total. The first kappa shape index (κ1) is 19.2. The van der Waals surface area contributed by atoms with Gasteiger partial charge in [-0.05, 0) is 43.4 Å². The summed E-state index contributed by atoms with van der Waals surface area (Å²) in [4.78, 5) is 27.0. The van der Waals surface area contributed by atoms with Crippen LogP contribution in [0.5, 0.6) is 0 Å². The van der Waals surface area contributed by atoms with Crippen LogP contribution in [0.4, 0.5) is 11.4 Å². The van der Waals surface area contributed by atoms with E-state index in [-0.39, 0.29) is 5.91 Å². The number of hydrogen-bond donors (Lipinski definition) is 3. The maximum absolute atomic E-state index is 12.8. The predicted molar refractivity (Wildman–Crippen MR) is 124 cm³/mol. The minimum absolute atomic E-state index is 0.212. The SMILES string of the molecule is N=C1CCCN(c2c(C3=CC=CCC3)cnc3[nH]cc(NC(=O)c4cccnc4)c23)C1. The van der Waals surface area contributed by atoms with Gasteiger partial charge in [0.1, 0.15) is 5.65 Å². The molecule has 1 fully saturated rings. The van der Waals surface area contributed by atoms with Gasteiger partial charge in [-0.3, -0.25) is 9.78 Å². The monoisotopic (exact) mass is 412 g/mol. The maximum Gasteiger partial charge on any atom is 0.257 e. The Hall–Kier alpha value is -3.74. The van der Waals surface area contributed by atoms with Crippen LogP contribution in [-0.2, 0) is 0 Å². The minimum atomic E-state index is -0.212. The number of hydrogen-bond acceptors (Lipinski definition) is 5. The van der Waals surface area contributed by atoms with Gasteiger partial charge in [-0.15, -0.1) is 0 Å². The van der Waals surface area contributed by atoms with Crippen LogP contribution in [0.1, 0.15) is 41.6 Å². The van der Waals surface area contributed by atoms with E-state index in [0.717, 1.165) is 60.2 Å². The minimum Gasteiger partial charge on any atom is -0.365 e. The third kappa shape index (κ3) is 3.74. The number of nitrogens with zero attached hydrogens (tertiary/aromatic N) is 3. The first-order valence-electron chi connectivity index (χ1n) is 10.6. The molecule has 0 unspecified atom stereocenters. The Morgan fingerprint density at radius 3 is 2.97 bits per heavy atom. The molecule has 5 rings (SSSR count). The number of aromatic nitrogens is 3. The van der Waals surface area contributed by atoms with Gasteiger partial charge in [0.25, 0.3) is 5.91 Å². The summed E-state index contributed by atoms with van der Waals surface area (Å²) in [7, 11) is 0. The highest BCUT2D eigenvalue weighted by atomic mass is 16.1. The molecular weight excluding hydrogens is 388 g/mol. The van der Waals surface area contributed by atoms with Crippen molar-refractivity contribution in [3.8, 4) is 0 Å². The van der Waals surface area contributed by atoms with Gasteiger partial charge < -0.3 is 20.6 Å². The van der Waals surface area contributed by atoms with Crippen LogP contribution >= 0.6 is 0 Å². The number of pyridine rings is 2. The Labute approximate surface area is 180 Å². The molecule has 2 aliphatic rings. The summed E-state index contributed by atoms with van der Waals surface area (Å²) < 4.78 is 0. The molecule has 1 aliphatic heterocycles. The van der Waals surface area contributed by atoms with Crippen LogP contribution in [0, 0.1) is 5.41 Å². The number of fused-ring (bicyclic) bond motifs is 1. The number of carbonyl (C=O) groups excluding carboxylic acids is 1. The van der Waals surface area contributed by atoms with E-state index in [1.165, 1.54) is 5.57 Å². The lowest BCUT2D eigenvalue weighted by Crippen LogP contribution is -2.36. The highest BCUT2D eigenvalue weighted by molar-refractivity contribution is 6.13. The second-order valence-electron chi connectivity index (χ2n) is 7.93. The van der Waals surface area contributed by atoms with Gasteiger partial charge in [-0.2, -0.15) is 0 Å². The Morgan fingerprint density at radius 1 is 1.26 bits per heavy atom. The van der Waals surface area contributed by atoms with Crippen molar-refractivity contribution in [3.63, 3.8) is 0 Å². The molecule has 156 valence electrons. The topological polar surface area (TPSA) is 97.8 Å². The average molecular weight is 412 g/mol. The Balaban J connectivity index is 1.64. The number of H-pyrrole nitrogens is 1. The lowest BCUT2D eigenvalue weighted by Gasteiger charge is -2.32. The van der Waals surface area contributed by atoms with Crippen LogP contribution in [0.25, 0.3) is 16.6 Å². The Morgan fingerprint density at radius 2 is 2.19 bits per heavy atom. The molecule has 1 saturated heterocycles. The van der Waals surface area contributed by atoms with Crippen molar-refractivity contribution in [2.75, 3.05) is 23.3 Å². The number of rotatable bonds is 4. The Bertz CT molecular complexity index is 1210. The third-order valence-corrected chi connectivity index (χ3v) is 5.81.